The summed E-state index contributed by atoms with van der Waals surface area (Å²) in [6.07, 6.45) is 0. The summed E-state index contributed by atoms with van der Waals surface area (Å²) < 4.78 is 79.8. The first-order valence-electron chi connectivity index (χ1n) is 18.8. The summed E-state index contributed by atoms with van der Waals surface area (Å²) in [7, 11) is 0. The van der Waals surface area contributed by atoms with Crippen LogP contribution in [0.3, 0.4) is 0 Å². The van der Waals surface area contributed by atoms with Crippen LogP contribution in [0.2, 0.25) is 0 Å². The summed E-state index contributed by atoms with van der Waals surface area (Å²) in [6, 6.07) is 35.3. The van der Waals surface area contributed by atoms with Gasteiger partial charge in [0.1, 0.15) is 11.2 Å². The highest BCUT2D eigenvalue weighted by atomic mass is 16.3. The van der Waals surface area contributed by atoms with E-state index < -0.39 is 24.2 Å². The van der Waals surface area contributed by atoms with Gasteiger partial charge in [-0.15, -0.1) is 0 Å². The minimum absolute atomic E-state index is 0.164. The average Bonchev–Trinajstić information content (AvgIpc) is 3.58. The maximum atomic E-state index is 9.47. The number of furan rings is 1. The van der Waals surface area contributed by atoms with Crippen molar-refractivity contribution in [1.82, 2.24) is 0 Å². The van der Waals surface area contributed by atoms with Crippen molar-refractivity contribution in [2.45, 2.75) is 0 Å². The third kappa shape index (κ3) is 4.09. The molecule has 45 heavy (non-hydrogen) atoms. The predicted molar refractivity (Wildman–Crippen MR) is 190 cm³/mol. The average molecular weight is 581 g/mol. The van der Waals surface area contributed by atoms with Crippen molar-refractivity contribution in [3.05, 3.63) is 170 Å². The van der Waals surface area contributed by atoms with Crippen LogP contribution in [0, 0.1) is 0 Å². The van der Waals surface area contributed by atoms with E-state index in [1.165, 1.54) is 0 Å². The first-order valence-corrected chi connectivity index (χ1v) is 14.8. The van der Waals surface area contributed by atoms with Gasteiger partial charge in [0.25, 0.3) is 0 Å². The van der Waals surface area contributed by atoms with Crippen molar-refractivity contribution in [3.8, 4) is 44.5 Å². The Morgan fingerprint density at radius 3 is 1.53 bits per heavy atom. The van der Waals surface area contributed by atoms with Gasteiger partial charge < -0.3 is 4.42 Å². The second-order valence-electron chi connectivity index (χ2n) is 11.0. The van der Waals surface area contributed by atoms with Crippen molar-refractivity contribution in [2.75, 3.05) is 0 Å². The molecule has 0 aliphatic heterocycles. The van der Waals surface area contributed by atoms with E-state index in [1.807, 2.05) is 121 Å². The number of benzene rings is 8. The summed E-state index contributed by atoms with van der Waals surface area (Å²) in [5, 5.41) is 2.27. The monoisotopic (exact) mass is 580 g/mol. The normalized spacial score (nSPS) is 14.0. The Morgan fingerprint density at radius 2 is 0.889 bits per heavy atom. The Morgan fingerprint density at radius 1 is 0.378 bits per heavy atom. The van der Waals surface area contributed by atoms with E-state index in [9.17, 15) is 5.48 Å². The first-order chi connectivity index (χ1) is 25.7. The molecule has 0 N–H and O–H groups in total. The standard InChI is InChI=1S/C44H28O/c1-3-15-29(16-4-1)32-19-7-8-21-34(32)43-37-24-11-9-22-35(37)42(36-23-10-12-25-38(36)43)31-27-39(30-17-5-2-6-18-30)44-40(28-31)33-20-13-14-26-41(33)45-44/h1-28H/i9D,10D,11D,12D,22D,23D,24D,25D. The van der Waals surface area contributed by atoms with Gasteiger partial charge in [-0.2, -0.15) is 0 Å². The molecule has 8 aromatic carbocycles. The minimum Gasteiger partial charge on any atom is -0.455 e. The van der Waals surface area contributed by atoms with Crippen molar-refractivity contribution >= 4 is 43.5 Å². The predicted octanol–water partition coefficient (Wildman–Crippen LogP) is 12.6. The molecule has 0 aliphatic rings. The summed E-state index contributed by atoms with van der Waals surface area (Å²) in [4.78, 5) is 0. The van der Waals surface area contributed by atoms with E-state index in [0.29, 0.717) is 33.4 Å². The fourth-order valence-electron chi connectivity index (χ4n) is 6.56. The molecule has 9 aromatic rings. The Kier molecular flexibility index (Phi) is 4.30. The highest BCUT2D eigenvalue weighted by Gasteiger charge is 2.21. The van der Waals surface area contributed by atoms with Crippen LogP contribution in [0.1, 0.15) is 11.0 Å². The number of rotatable bonds is 4. The van der Waals surface area contributed by atoms with E-state index in [4.69, 9.17) is 9.90 Å². The van der Waals surface area contributed by atoms with Crippen LogP contribution in [-0.4, -0.2) is 0 Å². The lowest BCUT2D eigenvalue weighted by atomic mass is 9.83. The van der Waals surface area contributed by atoms with Crippen LogP contribution in [0.25, 0.3) is 88.0 Å². The maximum absolute atomic E-state index is 9.47. The Balaban J connectivity index is 1.57. The molecule has 0 unspecified atom stereocenters. The van der Waals surface area contributed by atoms with Gasteiger partial charge in [0.2, 0.25) is 0 Å². The first kappa shape index (κ1) is 18.7. The molecule has 1 heterocycles. The second-order valence-corrected chi connectivity index (χ2v) is 11.0. The van der Waals surface area contributed by atoms with Crippen molar-refractivity contribution in [3.63, 3.8) is 0 Å². The van der Waals surface area contributed by atoms with E-state index in [2.05, 4.69) is 0 Å². The zero-order valence-electron chi connectivity index (χ0n) is 32.0. The molecule has 0 atom stereocenters. The molecular formula is C44H28O. The highest BCUT2D eigenvalue weighted by Crippen LogP contribution is 2.48. The molecular weight excluding hydrogens is 544 g/mol. The van der Waals surface area contributed by atoms with E-state index in [-0.39, 0.29) is 45.7 Å². The van der Waals surface area contributed by atoms with Crippen LogP contribution >= 0.6 is 0 Å². The molecule has 210 valence electrons. The van der Waals surface area contributed by atoms with Crippen molar-refractivity contribution < 1.29 is 15.4 Å². The molecule has 0 saturated heterocycles. The van der Waals surface area contributed by atoms with Crippen LogP contribution in [0.5, 0.6) is 0 Å². The lowest BCUT2D eigenvalue weighted by Gasteiger charge is -2.20. The van der Waals surface area contributed by atoms with Gasteiger partial charge in [-0.05, 0) is 78.7 Å². The van der Waals surface area contributed by atoms with Gasteiger partial charge in [-0.25, -0.2) is 0 Å². The fourth-order valence-corrected chi connectivity index (χ4v) is 6.56. The molecule has 9 rings (SSSR count). The molecule has 0 bridgehead atoms. The van der Waals surface area contributed by atoms with Crippen LogP contribution in [-0.2, 0) is 0 Å². The van der Waals surface area contributed by atoms with Crippen molar-refractivity contribution in [1.29, 1.82) is 0 Å². The molecule has 0 radical (unpaired) electrons. The smallest absolute Gasteiger partial charge is 0.143 e. The van der Waals surface area contributed by atoms with Crippen LogP contribution < -0.4 is 0 Å². The lowest BCUT2D eigenvalue weighted by molar-refractivity contribution is 0.670. The SMILES string of the molecule is [2H]c1c([2H])c([2H])c2c(-c3ccccc3-c3ccccc3)c3c([2H])c([2H])c([2H])c([2H])c3c(-c3cc(-c4ccccc4)c4oc5ccccc5c4c3)c2c1[2H]. The third-order valence-electron chi connectivity index (χ3n) is 8.51. The Hall–Kier alpha value is -5.92. The number of hydrogen-bond donors (Lipinski definition) is 0. The highest BCUT2D eigenvalue weighted by molar-refractivity contribution is 6.23. The summed E-state index contributed by atoms with van der Waals surface area (Å²) in [5.41, 5.74) is 6.19. The summed E-state index contributed by atoms with van der Waals surface area (Å²) in [6.45, 7) is 0. The quantitative estimate of drug-likeness (QED) is 0.189. The molecule has 1 aromatic heterocycles. The molecule has 0 fully saturated rings. The van der Waals surface area contributed by atoms with E-state index >= 15 is 0 Å². The molecule has 0 spiro atoms. The van der Waals surface area contributed by atoms with Gasteiger partial charge in [0, 0.05) is 16.3 Å². The zero-order chi connectivity index (χ0) is 36.7. The van der Waals surface area contributed by atoms with E-state index in [1.54, 1.807) is 0 Å². The van der Waals surface area contributed by atoms with Crippen LogP contribution in [0.4, 0.5) is 0 Å². The van der Waals surface area contributed by atoms with Crippen molar-refractivity contribution in [2.24, 2.45) is 0 Å². The lowest BCUT2D eigenvalue weighted by Crippen LogP contribution is -1.93. The molecule has 1 nitrogen and oxygen atoms in total. The fraction of sp³-hybridized carbons (Fsp3) is 0. The largest absolute Gasteiger partial charge is 0.455 e. The maximum Gasteiger partial charge on any atom is 0.143 e. The number of fused-ring (bicyclic) bond motifs is 5. The summed E-state index contributed by atoms with van der Waals surface area (Å²) in [5.74, 6) is 0. The topological polar surface area (TPSA) is 13.1 Å². The summed E-state index contributed by atoms with van der Waals surface area (Å²) >= 11 is 0. The molecule has 0 saturated carbocycles. The van der Waals surface area contributed by atoms with Gasteiger partial charge in [-0.1, -0.05) is 151 Å². The minimum atomic E-state index is -0.440. The number of para-hydroxylation sites is 1. The Labute approximate surface area is 272 Å². The molecule has 0 aliphatic carbocycles. The number of hydrogen-bond acceptors (Lipinski definition) is 1. The second kappa shape index (κ2) is 10.4. The third-order valence-corrected chi connectivity index (χ3v) is 8.51. The molecule has 1 heteroatoms. The molecule has 0 amide bonds. The van der Waals surface area contributed by atoms with Gasteiger partial charge >= 0.3 is 0 Å². The van der Waals surface area contributed by atoms with Gasteiger partial charge in [-0.3, -0.25) is 0 Å². The van der Waals surface area contributed by atoms with Gasteiger partial charge in [0.15, 0.2) is 0 Å². The van der Waals surface area contributed by atoms with Crippen LogP contribution in [0.15, 0.2) is 174 Å². The zero-order valence-corrected chi connectivity index (χ0v) is 24.0. The Bertz CT molecular complexity index is 2890. The van der Waals surface area contributed by atoms with E-state index in [0.717, 1.165) is 33.0 Å². The van der Waals surface area contributed by atoms with Gasteiger partial charge in [0.05, 0.1) is 11.0 Å².